The molecule has 0 radical (unpaired) electrons. The van der Waals surface area contributed by atoms with Crippen molar-refractivity contribution >= 4 is 13.7 Å². The van der Waals surface area contributed by atoms with Crippen molar-refractivity contribution in [3.8, 4) is 0 Å². The van der Waals surface area contributed by atoms with E-state index in [0.29, 0.717) is 17.4 Å². The van der Waals surface area contributed by atoms with E-state index in [1.807, 2.05) is 27.2 Å². The molecule has 9 heteroatoms. The number of aliphatic hydroxyl groups is 1. The molecule has 0 aliphatic carbocycles. The molecule has 0 saturated heterocycles. The van der Waals surface area contributed by atoms with E-state index < -0.39 is 26.6 Å². The van der Waals surface area contributed by atoms with Gasteiger partial charge >= 0.3 is 0 Å². The molecular weight excluding hydrogens is 1070 g/mol. The van der Waals surface area contributed by atoms with Crippen LogP contribution in [0.2, 0.25) is 0 Å². The lowest BCUT2D eigenvalue weighted by atomic mass is 10.0. The number of allylic oxidation sites excluding steroid dienone is 19. The molecule has 0 bridgehead atoms. The third-order valence-corrected chi connectivity index (χ3v) is 16.4. The standard InChI is InChI=1S/C76H135N2O6P/c1-6-8-10-12-14-16-18-20-22-24-26-28-30-32-34-35-36-37-38-39-40-41-42-43-44-46-48-50-52-54-56-58-60-62-64-66-68-70-76(80)77-74(73-84-85(81,82)83-72-71-78(3,4)5)75(79)69-67-65-63-61-59-57-55-53-51-49-47-45-33-31-29-27-25-23-21-19-17-15-13-11-9-7-2/h8,10,14,16,20,22,26,28,32,34,36-37,39-40,42-43,59,61,67,69,74-75,79H,6-7,9,11-13,15,17-19,21,23-25,27,29-31,33,35,38,41,44-58,60,62-66,68,70-73H2,1-5H3,(H-,77,80,81,82)/b10-8-,16-14-,22-20-,28-26-,34-32-,37-36-,40-39-,43-42-,61-59+,69-67+. The summed E-state index contributed by atoms with van der Waals surface area (Å²) >= 11 is 0. The van der Waals surface area contributed by atoms with Gasteiger partial charge in [0.15, 0.2) is 0 Å². The maximum atomic E-state index is 13.0. The van der Waals surface area contributed by atoms with Crippen LogP contribution in [0.1, 0.15) is 303 Å². The number of phosphoric ester groups is 1. The number of carbonyl (C=O) groups excluding carboxylic acids is 1. The predicted octanol–water partition coefficient (Wildman–Crippen LogP) is 22.2. The van der Waals surface area contributed by atoms with E-state index in [2.05, 4.69) is 129 Å². The van der Waals surface area contributed by atoms with Crippen LogP contribution in [0.25, 0.3) is 0 Å². The SMILES string of the molecule is CC/C=C\C/C=C\C/C=C\C/C=C\C/C=C\C/C=C\C/C=C\C/C=C\CCCCCCCCCCCCCCC(=O)NC(COP(=O)([O-])OCC[N+](C)(C)C)C(O)/C=C/CC/C=C/CCCCCCCCCCCCCCCCCCCCCC. The Balaban J connectivity index is 4.13. The minimum Gasteiger partial charge on any atom is -0.756 e. The molecule has 8 nitrogen and oxygen atoms in total. The van der Waals surface area contributed by atoms with E-state index in [0.717, 1.165) is 89.9 Å². The molecule has 0 heterocycles. The fourth-order valence-corrected chi connectivity index (χ4v) is 10.7. The van der Waals surface area contributed by atoms with Crippen molar-refractivity contribution in [1.82, 2.24) is 5.32 Å². The van der Waals surface area contributed by atoms with Crippen LogP contribution in [-0.4, -0.2) is 68.5 Å². The molecule has 3 atom stereocenters. The number of amides is 1. The highest BCUT2D eigenvalue weighted by Crippen LogP contribution is 2.38. The molecule has 2 N–H and O–H groups in total. The molecule has 0 aliphatic rings. The lowest BCUT2D eigenvalue weighted by molar-refractivity contribution is -0.870. The first-order valence-electron chi connectivity index (χ1n) is 35.4. The molecule has 0 spiro atoms. The van der Waals surface area contributed by atoms with Crippen molar-refractivity contribution < 1.29 is 32.9 Å². The first kappa shape index (κ1) is 81.9. The number of nitrogens with zero attached hydrogens (tertiary/aromatic N) is 1. The quantitative estimate of drug-likeness (QED) is 0.0272. The fraction of sp³-hybridized carbons (Fsp3) is 0.724. The molecule has 0 rings (SSSR count). The average Bonchev–Trinajstić information content (AvgIpc) is 3.49. The zero-order valence-corrected chi connectivity index (χ0v) is 56.9. The van der Waals surface area contributed by atoms with Crippen LogP contribution in [0.15, 0.2) is 122 Å². The Morgan fingerprint density at radius 3 is 1.09 bits per heavy atom. The number of aliphatic hydroxyl groups excluding tert-OH is 1. The molecule has 0 aromatic heterocycles. The fourth-order valence-electron chi connectivity index (χ4n) is 9.95. The minimum atomic E-state index is -4.62. The first-order chi connectivity index (χ1) is 41.5. The van der Waals surface area contributed by atoms with Gasteiger partial charge in [0.2, 0.25) is 5.91 Å². The van der Waals surface area contributed by atoms with Crippen molar-refractivity contribution in [2.75, 3.05) is 40.9 Å². The summed E-state index contributed by atoms with van der Waals surface area (Å²) in [6, 6.07) is -0.914. The maximum Gasteiger partial charge on any atom is 0.268 e. The summed E-state index contributed by atoms with van der Waals surface area (Å²) in [4.78, 5) is 25.6. The van der Waals surface area contributed by atoms with Gasteiger partial charge in [0, 0.05) is 6.42 Å². The number of phosphoric acid groups is 1. The maximum absolute atomic E-state index is 13.0. The highest BCUT2D eigenvalue weighted by Gasteiger charge is 2.23. The Labute approximate surface area is 526 Å². The monoisotopic (exact) mass is 1200 g/mol. The Kier molecular flexibility index (Phi) is 63.0. The highest BCUT2D eigenvalue weighted by molar-refractivity contribution is 7.45. The van der Waals surface area contributed by atoms with Gasteiger partial charge in [-0.3, -0.25) is 9.36 Å². The van der Waals surface area contributed by atoms with Crippen LogP contribution in [0.5, 0.6) is 0 Å². The summed E-state index contributed by atoms with van der Waals surface area (Å²) < 4.78 is 23.4. The molecule has 0 aliphatic heterocycles. The molecule has 1 amide bonds. The summed E-state index contributed by atoms with van der Waals surface area (Å²) in [5.41, 5.74) is 0. The van der Waals surface area contributed by atoms with Gasteiger partial charge in [-0.1, -0.05) is 322 Å². The summed E-state index contributed by atoms with van der Waals surface area (Å²) in [6.07, 6.45) is 97.5. The number of unbranched alkanes of at least 4 members (excludes halogenated alkanes) is 33. The van der Waals surface area contributed by atoms with Crippen molar-refractivity contribution in [3.63, 3.8) is 0 Å². The van der Waals surface area contributed by atoms with E-state index in [1.165, 1.54) is 193 Å². The zero-order valence-electron chi connectivity index (χ0n) is 56.0. The van der Waals surface area contributed by atoms with E-state index in [-0.39, 0.29) is 12.5 Å². The van der Waals surface area contributed by atoms with Crippen molar-refractivity contribution in [3.05, 3.63) is 122 Å². The van der Waals surface area contributed by atoms with Crippen LogP contribution in [0.4, 0.5) is 0 Å². The molecule has 0 aromatic carbocycles. The largest absolute Gasteiger partial charge is 0.756 e. The molecule has 0 aromatic rings. The van der Waals surface area contributed by atoms with Gasteiger partial charge in [0.05, 0.1) is 39.9 Å². The number of hydrogen-bond acceptors (Lipinski definition) is 6. The molecule has 85 heavy (non-hydrogen) atoms. The number of rotatable bonds is 64. The second kappa shape index (κ2) is 65.3. The van der Waals surface area contributed by atoms with Crippen LogP contribution >= 0.6 is 7.82 Å². The average molecular weight is 1200 g/mol. The van der Waals surface area contributed by atoms with Gasteiger partial charge in [-0.25, -0.2) is 0 Å². The van der Waals surface area contributed by atoms with Gasteiger partial charge in [-0.15, -0.1) is 0 Å². The highest BCUT2D eigenvalue weighted by atomic mass is 31.2. The van der Waals surface area contributed by atoms with Gasteiger partial charge < -0.3 is 28.8 Å². The van der Waals surface area contributed by atoms with Crippen molar-refractivity contribution in [1.29, 1.82) is 0 Å². The van der Waals surface area contributed by atoms with Crippen LogP contribution in [0, 0.1) is 0 Å². The number of hydrogen-bond donors (Lipinski definition) is 2. The van der Waals surface area contributed by atoms with E-state index in [4.69, 9.17) is 9.05 Å². The summed E-state index contributed by atoms with van der Waals surface area (Å²) in [5, 5.41) is 13.9. The lowest BCUT2D eigenvalue weighted by Crippen LogP contribution is -2.45. The second-order valence-electron chi connectivity index (χ2n) is 24.8. The topological polar surface area (TPSA) is 108 Å². The van der Waals surface area contributed by atoms with Gasteiger partial charge in [-0.2, -0.15) is 0 Å². The molecule has 0 fully saturated rings. The molecule has 490 valence electrons. The molecular formula is C76H135N2O6P. The Hall–Kier alpha value is -3.10. The summed E-state index contributed by atoms with van der Waals surface area (Å²) in [7, 11) is 1.24. The summed E-state index contributed by atoms with van der Waals surface area (Å²) in [6.45, 7) is 4.53. The Bertz CT molecular complexity index is 1800. The van der Waals surface area contributed by atoms with Crippen molar-refractivity contribution in [2.24, 2.45) is 0 Å². The smallest absolute Gasteiger partial charge is 0.268 e. The van der Waals surface area contributed by atoms with Crippen LogP contribution in [-0.2, 0) is 18.4 Å². The van der Waals surface area contributed by atoms with Gasteiger partial charge in [0.25, 0.3) is 7.82 Å². The normalized spacial score (nSPS) is 14.4. The third-order valence-electron chi connectivity index (χ3n) is 15.4. The van der Waals surface area contributed by atoms with E-state index in [1.54, 1.807) is 6.08 Å². The second-order valence-corrected chi connectivity index (χ2v) is 26.3. The number of quaternary nitrogens is 1. The number of likely N-dealkylation sites (N-methyl/N-ethyl adjacent to an activating group) is 1. The molecule has 0 saturated carbocycles. The van der Waals surface area contributed by atoms with Gasteiger partial charge in [0.1, 0.15) is 13.2 Å². The van der Waals surface area contributed by atoms with Crippen LogP contribution in [0.3, 0.4) is 0 Å². The molecule has 3 unspecified atom stereocenters. The Morgan fingerprint density at radius 2 is 0.729 bits per heavy atom. The third kappa shape index (κ3) is 68.3. The van der Waals surface area contributed by atoms with E-state index in [9.17, 15) is 19.4 Å². The predicted molar refractivity (Wildman–Crippen MR) is 371 cm³/mol. The van der Waals surface area contributed by atoms with Crippen molar-refractivity contribution in [2.45, 2.75) is 315 Å². The van der Waals surface area contributed by atoms with Gasteiger partial charge in [-0.05, 0) is 96.3 Å². The van der Waals surface area contributed by atoms with E-state index >= 15 is 0 Å². The summed E-state index contributed by atoms with van der Waals surface area (Å²) in [5.74, 6) is -0.211. The zero-order chi connectivity index (χ0) is 61.9. The lowest BCUT2D eigenvalue weighted by Gasteiger charge is -2.29. The Morgan fingerprint density at radius 1 is 0.424 bits per heavy atom. The first-order valence-corrected chi connectivity index (χ1v) is 36.9. The minimum absolute atomic E-state index is 0.0112. The van der Waals surface area contributed by atoms with Crippen LogP contribution < -0.4 is 10.2 Å². The number of carbonyl (C=O) groups is 1. The number of nitrogens with one attached hydrogen (secondary N) is 1.